The number of aromatic amines is 1. The number of ether oxygens (including phenoxy) is 2. The third kappa shape index (κ3) is 3.71. The molecule has 122 valence electrons. The van der Waals surface area contributed by atoms with E-state index in [0.29, 0.717) is 29.3 Å². The Bertz CT molecular complexity index is 721. The van der Waals surface area contributed by atoms with Gasteiger partial charge >= 0.3 is 0 Å². The quantitative estimate of drug-likeness (QED) is 0.831. The lowest BCUT2D eigenvalue weighted by Gasteiger charge is -2.17. The third-order valence-electron chi connectivity index (χ3n) is 3.53. The van der Waals surface area contributed by atoms with Crippen molar-refractivity contribution >= 4 is 11.7 Å². The van der Waals surface area contributed by atoms with Crippen LogP contribution in [-0.2, 0) is 6.54 Å². The van der Waals surface area contributed by atoms with Crippen LogP contribution in [0.25, 0.3) is 0 Å². The van der Waals surface area contributed by atoms with Crippen molar-refractivity contribution in [2.24, 2.45) is 0 Å². The molecule has 1 N–H and O–H groups in total. The maximum atomic E-state index is 12.4. The Morgan fingerprint density at radius 2 is 1.83 bits per heavy atom. The van der Waals surface area contributed by atoms with Crippen molar-refractivity contribution in [2.75, 3.05) is 21.3 Å². The zero-order chi connectivity index (χ0) is 17.0. The van der Waals surface area contributed by atoms with Gasteiger partial charge in [-0.3, -0.25) is 9.59 Å². The standard InChI is InChI=1S/C17H20N2O4/c1-11(20)13-8-14(18-9-13)17(21)19(2)10-12-5-6-15(22-3)16(7-12)23-4/h5-9,18H,10H2,1-4H3. The van der Waals surface area contributed by atoms with Gasteiger partial charge in [0.2, 0.25) is 0 Å². The van der Waals surface area contributed by atoms with Crippen LogP contribution in [0, 0.1) is 0 Å². The molecule has 0 radical (unpaired) electrons. The van der Waals surface area contributed by atoms with Gasteiger partial charge in [-0.2, -0.15) is 0 Å². The molecule has 23 heavy (non-hydrogen) atoms. The number of rotatable bonds is 6. The molecular weight excluding hydrogens is 296 g/mol. The van der Waals surface area contributed by atoms with Gasteiger partial charge in [-0.05, 0) is 30.7 Å². The van der Waals surface area contributed by atoms with E-state index in [1.807, 2.05) is 12.1 Å². The predicted octanol–water partition coefficient (Wildman–Crippen LogP) is 2.51. The summed E-state index contributed by atoms with van der Waals surface area (Å²) in [7, 11) is 4.84. The number of hydrogen-bond acceptors (Lipinski definition) is 4. The molecule has 1 heterocycles. The van der Waals surface area contributed by atoms with Gasteiger partial charge in [-0.1, -0.05) is 6.07 Å². The Morgan fingerprint density at radius 1 is 1.13 bits per heavy atom. The molecule has 0 aliphatic carbocycles. The van der Waals surface area contributed by atoms with Crippen molar-refractivity contribution in [3.63, 3.8) is 0 Å². The van der Waals surface area contributed by atoms with Crippen LogP contribution < -0.4 is 9.47 Å². The van der Waals surface area contributed by atoms with Gasteiger partial charge < -0.3 is 19.4 Å². The summed E-state index contributed by atoms with van der Waals surface area (Å²) in [4.78, 5) is 28.1. The number of carbonyl (C=O) groups excluding carboxylic acids is 2. The van der Waals surface area contributed by atoms with Crippen LogP contribution in [0.5, 0.6) is 11.5 Å². The fourth-order valence-electron chi connectivity index (χ4n) is 2.25. The highest BCUT2D eigenvalue weighted by molar-refractivity contribution is 5.98. The number of amides is 1. The maximum Gasteiger partial charge on any atom is 0.270 e. The summed E-state index contributed by atoms with van der Waals surface area (Å²) < 4.78 is 10.5. The van der Waals surface area contributed by atoms with Crippen LogP contribution in [-0.4, -0.2) is 42.8 Å². The summed E-state index contributed by atoms with van der Waals surface area (Å²) >= 11 is 0. The normalized spacial score (nSPS) is 10.3. The fourth-order valence-corrected chi connectivity index (χ4v) is 2.25. The van der Waals surface area contributed by atoms with Gasteiger partial charge in [0.1, 0.15) is 5.69 Å². The molecule has 0 spiro atoms. The second kappa shape index (κ2) is 7.00. The zero-order valence-corrected chi connectivity index (χ0v) is 13.7. The van der Waals surface area contributed by atoms with Gasteiger partial charge in [0.25, 0.3) is 5.91 Å². The average molecular weight is 316 g/mol. The van der Waals surface area contributed by atoms with E-state index in [-0.39, 0.29) is 11.7 Å². The Hall–Kier alpha value is -2.76. The van der Waals surface area contributed by atoms with Gasteiger partial charge in [-0.25, -0.2) is 0 Å². The molecule has 2 rings (SSSR count). The number of nitrogens with zero attached hydrogens (tertiary/aromatic N) is 1. The monoisotopic (exact) mass is 316 g/mol. The molecule has 0 unspecified atom stereocenters. The van der Waals surface area contributed by atoms with E-state index in [1.54, 1.807) is 44.5 Å². The van der Waals surface area contributed by atoms with E-state index in [0.717, 1.165) is 5.56 Å². The second-order valence-electron chi connectivity index (χ2n) is 5.21. The van der Waals surface area contributed by atoms with E-state index in [1.165, 1.54) is 6.92 Å². The molecule has 0 saturated carbocycles. The third-order valence-corrected chi connectivity index (χ3v) is 3.53. The highest BCUT2D eigenvalue weighted by Crippen LogP contribution is 2.28. The van der Waals surface area contributed by atoms with Gasteiger partial charge in [0.15, 0.2) is 17.3 Å². The molecular formula is C17H20N2O4. The number of benzene rings is 1. The number of methoxy groups -OCH3 is 2. The van der Waals surface area contributed by atoms with Crippen molar-refractivity contribution in [2.45, 2.75) is 13.5 Å². The lowest BCUT2D eigenvalue weighted by atomic mass is 10.2. The molecule has 2 aromatic rings. The summed E-state index contributed by atoms with van der Waals surface area (Å²) in [5.74, 6) is 0.986. The summed E-state index contributed by atoms with van der Waals surface area (Å²) in [6, 6.07) is 7.07. The molecule has 6 nitrogen and oxygen atoms in total. The molecule has 0 aliphatic heterocycles. The molecule has 0 aliphatic rings. The van der Waals surface area contributed by atoms with Crippen molar-refractivity contribution in [1.29, 1.82) is 0 Å². The minimum Gasteiger partial charge on any atom is -0.493 e. The first-order chi connectivity index (χ1) is 11.0. The maximum absolute atomic E-state index is 12.4. The summed E-state index contributed by atoms with van der Waals surface area (Å²) in [6.45, 7) is 1.87. The Morgan fingerprint density at radius 3 is 2.39 bits per heavy atom. The number of nitrogens with one attached hydrogen (secondary N) is 1. The Labute approximate surface area is 135 Å². The first-order valence-electron chi connectivity index (χ1n) is 7.12. The van der Waals surface area contributed by atoms with Gasteiger partial charge in [0, 0.05) is 25.4 Å². The molecule has 6 heteroatoms. The van der Waals surface area contributed by atoms with E-state index >= 15 is 0 Å². The molecule has 1 amide bonds. The zero-order valence-electron chi connectivity index (χ0n) is 13.7. The highest BCUT2D eigenvalue weighted by atomic mass is 16.5. The van der Waals surface area contributed by atoms with E-state index < -0.39 is 0 Å². The predicted molar refractivity (Wildman–Crippen MR) is 86.1 cm³/mol. The van der Waals surface area contributed by atoms with Crippen LogP contribution in [0.4, 0.5) is 0 Å². The lowest BCUT2D eigenvalue weighted by Crippen LogP contribution is -2.26. The molecule has 1 aromatic heterocycles. The van der Waals surface area contributed by atoms with Crippen molar-refractivity contribution < 1.29 is 19.1 Å². The largest absolute Gasteiger partial charge is 0.493 e. The number of H-pyrrole nitrogens is 1. The Balaban J connectivity index is 2.12. The molecule has 0 bridgehead atoms. The molecule has 0 atom stereocenters. The summed E-state index contributed by atoms with van der Waals surface area (Å²) in [5.41, 5.74) is 1.79. The molecule has 0 saturated heterocycles. The van der Waals surface area contributed by atoms with E-state index in [9.17, 15) is 9.59 Å². The minimum absolute atomic E-state index is 0.0807. The van der Waals surface area contributed by atoms with Crippen LogP contribution >= 0.6 is 0 Å². The SMILES string of the molecule is COc1ccc(CN(C)C(=O)c2cc(C(C)=O)c[nH]2)cc1OC. The number of aromatic nitrogens is 1. The fraction of sp³-hybridized carbons (Fsp3) is 0.294. The first-order valence-corrected chi connectivity index (χ1v) is 7.12. The van der Waals surface area contributed by atoms with Crippen molar-refractivity contribution in [3.05, 3.63) is 47.3 Å². The topological polar surface area (TPSA) is 71.6 Å². The van der Waals surface area contributed by atoms with Gasteiger partial charge in [0.05, 0.1) is 14.2 Å². The molecule has 0 fully saturated rings. The van der Waals surface area contributed by atoms with Crippen molar-refractivity contribution in [3.8, 4) is 11.5 Å². The minimum atomic E-state index is -0.188. The van der Waals surface area contributed by atoms with Crippen LogP contribution in [0.2, 0.25) is 0 Å². The average Bonchev–Trinajstić information content (AvgIpc) is 3.04. The number of Topliss-reactive ketones (excluding diaryl/α,β-unsaturated/α-hetero) is 1. The number of carbonyl (C=O) groups is 2. The smallest absolute Gasteiger partial charge is 0.270 e. The second-order valence-corrected chi connectivity index (χ2v) is 5.21. The van der Waals surface area contributed by atoms with E-state index in [2.05, 4.69) is 4.98 Å². The summed E-state index contributed by atoms with van der Waals surface area (Å²) in [5, 5.41) is 0. The number of hydrogen-bond donors (Lipinski definition) is 1. The lowest BCUT2D eigenvalue weighted by molar-refractivity contribution is 0.0780. The summed E-state index contributed by atoms with van der Waals surface area (Å²) in [6.07, 6.45) is 1.54. The van der Waals surface area contributed by atoms with Crippen molar-refractivity contribution in [1.82, 2.24) is 9.88 Å². The van der Waals surface area contributed by atoms with Crippen LogP contribution in [0.15, 0.2) is 30.5 Å². The number of ketones is 1. The van der Waals surface area contributed by atoms with Crippen LogP contribution in [0.3, 0.4) is 0 Å². The molecule has 1 aromatic carbocycles. The van der Waals surface area contributed by atoms with Gasteiger partial charge in [-0.15, -0.1) is 0 Å². The first kappa shape index (κ1) is 16.6. The van der Waals surface area contributed by atoms with E-state index in [4.69, 9.17) is 9.47 Å². The Kier molecular flexibility index (Phi) is 5.05. The highest BCUT2D eigenvalue weighted by Gasteiger charge is 2.16. The van der Waals surface area contributed by atoms with Crippen LogP contribution in [0.1, 0.15) is 33.3 Å².